The Morgan fingerprint density at radius 3 is 2.48 bits per heavy atom. The molecule has 0 aliphatic rings. The molecule has 132 valence electrons. The molecule has 0 atom stereocenters. The van der Waals surface area contributed by atoms with E-state index in [-0.39, 0.29) is 5.91 Å². The minimum atomic E-state index is -0.198. The molecule has 0 fully saturated rings. The van der Waals surface area contributed by atoms with E-state index >= 15 is 0 Å². The fourth-order valence-electron chi connectivity index (χ4n) is 2.24. The number of carbonyl (C=O) groups excluding carboxylic acids is 1. The van der Waals surface area contributed by atoms with Crippen molar-refractivity contribution in [3.63, 3.8) is 0 Å². The summed E-state index contributed by atoms with van der Waals surface area (Å²) in [6, 6.07) is 11.4. The summed E-state index contributed by atoms with van der Waals surface area (Å²) in [7, 11) is 0. The van der Waals surface area contributed by atoms with E-state index in [0.29, 0.717) is 24.7 Å². The van der Waals surface area contributed by atoms with Gasteiger partial charge >= 0.3 is 0 Å². The van der Waals surface area contributed by atoms with Gasteiger partial charge in [0.2, 0.25) is 5.91 Å². The molecule has 4 nitrogen and oxygen atoms in total. The zero-order valence-corrected chi connectivity index (χ0v) is 16.2. The first-order chi connectivity index (χ1) is 12.0. The zero-order valence-electron chi connectivity index (χ0n) is 14.6. The molecule has 1 amide bonds. The number of hydrogen-bond acceptors (Lipinski definition) is 3. The average molecular weight is 404 g/mol. The summed E-state index contributed by atoms with van der Waals surface area (Å²) in [5, 5.41) is 2.85. The zero-order chi connectivity index (χ0) is 18.2. The first kappa shape index (κ1) is 19.1. The number of nitrogens with one attached hydrogen (secondary N) is 1. The van der Waals surface area contributed by atoms with Crippen molar-refractivity contribution in [2.45, 2.75) is 20.8 Å². The van der Waals surface area contributed by atoms with Crippen LogP contribution in [0.15, 0.2) is 46.9 Å². The van der Waals surface area contributed by atoms with Crippen LogP contribution >= 0.6 is 15.9 Å². The van der Waals surface area contributed by atoms with Crippen molar-refractivity contribution in [3.05, 3.63) is 58.1 Å². The molecule has 0 bridgehead atoms. The Morgan fingerprint density at radius 1 is 1.08 bits per heavy atom. The van der Waals surface area contributed by atoms with E-state index in [9.17, 15) is 4.79 Å². The van der Waals surface area contributed by atoms with E-state index in [1.165, 1.54) is 6.08 Å². The Labute approximate surface area is 157 Å². The second-order valence-corrected chi connectivity index (χ2v) is 6.23. The minimum Gasteiger partial charge on any atom is -0.490 e. The van der Waals surface area contributed by atoms with Crippen molar-refractivity contribution in [2.75, 3.05) is 18.5 Å². The molecule has 0 heterocycles. The molecule has 2 rings (SSSR count). The molecular weight excluding hydrogens is 382 g/mol. The Morgan fingerprint density at radius 2 is 1.80 bits per heavy atom. The fraction of sp³-hybridized carbons (Fsp3) is 0.250. The van der Waals surface area contributed by atoms with Crippen LogP contribution in [0.4, 0.5) is 5.69 Å². The minimum absolute atomic E-state index is 0.198. The number of carbonyl (C=O) groups is 1. The molecule has 5 heteroatoms. The standard InChI is InChI=1S/C20H22BrNO3/c1-4-24-18-10-7-15(13-19(18)25-5-2)8-11-20(23)22-17-9-6-14(3)12-16(17)21/h6-13H,4-5H2,1-3H3,(H,22,23). The maximum absolute atomic E-state index is 12.1. The molecule has 0 saturated heterocycles. The number of ether oxygens (including phenoxy) is 2. The second-order valence-electron chi connectivity index (χ2n) is 5.38. The highest BCUT2D eigenvalue weighted by atomic mass is 79.9. The van der Waals surface area contributed by atoms with Gasteiger partial charge in [-0.25, -0.2) is 0 Å². The van der Waals surface area contributed by atoms with Gasteiger partial charge in [-0.05, 0) is 78.2 Å². The molecule has 0 spiro atoms. The summed E-state index contributed by atoms with van der Waals surface area (Å²) >= 11 is 3.45. The summed E-state index contributed by atoms with van der Waals surface area (Å²) in [6.07, 6.45) is 3.24. The maximum Gasteiger partial charge on any atom is 0.248 e. The maximum atomic E-state index is 12.1. The number of rotatable bonds is 7. The summed E-state index contributed by atoms with van der Waals surface area (Å²) in [5.41, 5.74) is 2.73. The van der Waals surface area contributed by atoms with E-state index in [0.717, 1.165) is 21.3 Å². The van der Waals surface area contributed by atoms with Gasteiger partial charge in [0.05, 0.1) is 18.9 Å². The molecule has 0 aliphatic heterocycles. The van der Waals surface area contributed by atoms with Gasteiger partial charge in [-0.2, -0.15) is 0 Å². The van der Waals surface area contributed by atoms with Crippen LogP contribution in [0.3, 0.4) is 0 Å². The van der Waals surface area contributed by atoms with Gasteiger partial charge in [-0.1, -0.05) is 12.1 Å². The SMILES string of the molecule is CCOc1ccc(C=CC(=O)Nc2ccc(C)cc2Br)cc1OCC. The normalized spacial score (nSPS) is 10.7. The predicted molar refractivity (Wildman–Crippen MR) is 105 cm³/mol. The number of halogens is 1. The van der Waals surface area contributed by atoms with Crippen molar-refractivity contribution in [1.29, 1.82) is 0 Å². The average Bonchev–Trinajstić information content (AvgIpc) is 2.58. The lowest BCUT2D eigenvalue weighted by Crippen LogP contribution is -2.08. The Kier molecular flexibility index (Phi) is 7.07. The van der Waals surface area contributed by atoms with Gasteiger partial charge in [0, 0.05) is 10.5 Å². The third-order valence-corrected chi connectivity index (χ3v) is 4.03. The summed E-state index contributed by atoms with van der Waals surface area (Å²) in [4.78, 5) is 12.1. The van der Waals surface area contributed by atoms with E-state index in [1.807, 2.05) is 57.2 Å². The van der Waals surface area contributed by atoms with Crippen molar-refractivity contribution in [1.82, 2.24) is 0 Å². The van der Waals surface area contributed by atoms with Crippen LogP contribution < -0.4 is 14.8 Å². The fourth-order valence-corrected chi connectivity index (χ4v) is 2.83. The molecule has 2 aromatic rings. The molecular formula is C20H22BrNO3. The number of benzene rings is 2. The van der Waals surface area contributed by atoms with Crippen LogP contribution in [-0.4, -0.2) is 19.1 Å². The van der Waals surface area contributed by atoms with Crippen LogP contribution in [0.1, 0.15) is 25.0 Å². The van der Waals surface area contributed by atoms with Crippen LogP contribution in [0, 0.1) is 6.92 Å². The van der Waals surface area contributed by atoms with Crippen molar-refractivity contribution in [2.24, 2.45) is 0 Å². The van der Waals surface area contributed by atoms with Crippen molar-refractivity contribution < 1.29 is 14.3 Å². The smallest absolute Gasteiger partial charge is 0.248 e. The van der Waals surface area contributed by atoms with E-state index in [1.54, 1.807) is 6.08 Å². The number of amides is 1. The Bertz CT molecular complexity index is 772. The van der Waals surface area contributed by atoms with Crippen LogP contribution in [-0.2, 0) is 4.79 Å². The molecule has 0 aromatic heterocycles. The molecule has 1 N–H and O–H groups in total. The number of hydrogen-bond donors (Lipinski definition) is 1. The molecule has 25 heavy (non-hydrogen) atoms. The van der Waals surface area contributed by atoms with Crippen LogP contribution in [0.2, 0.25) is 0 Å². The van der Waals surface area contributed by atoms with Gasteiger partial charge in [0.15, 0.2) is 11.5 Å². The van der Waals surface area contributed by atoms with Gasteiger partial charge in [-0.3, -0.25) is 4.79 Å². The lowest BCUT2D eigenvalue weighted by atomic mass is 10.2. The topological polar surface area (TPSA) is 47.6 Å². The predicted octanol–water partition coefficient (Wildman–Crippen LogP) is 5.21. The highest BCUT2D eigenvalue weighted by Crippen LogP contribution is 2.29. The van der Waals surface area contributed by atoms with Gasteiger partial charge in [-0.15, -0.1) is 0 Å². The van der Waals surface area contributed by atoms with E-state index in [2.05, 4.69) is 21.2 Å². The third-order valence-electron chi connectivity index (χ3n) is 3.38. The van der Waals surface area contributed by atoms with Gasteiger partial charge < -0.3 is 14.8 Å². The van der Waals surface area contributed by atoms with E-state index in [4.69, 9.17) is 9.47 Å². The van der Waals surface area contributed by atoms with Gasteiger partial charge in [0.1, 0.15) is 0 Å². The Balaban J connectivity index is 2.09. The van der Waals surface area contributed by atoms with Crippen molar-refractivity contribution in [3.8, 4) is 11.5 Å². The highest BCUT2D eigenvalue weighted by molar-refractivity contribution is 9.10. The highest BCUT2D eigenvalue weighted by Gasteiger charge is 2.06. The monoisotopic (exact) mass is 403 g/mol. The van der Waals surface area contributed by atoms with Crippen LogP contribution in [0.25, 0.3) is 6.08 Å². The molecule has 0 saturated carbocycles. The lowest BCUT2D eigenvalue weighted by Gasteiger charge is -2.11. The number of aryl methyl sites for hydroxylation is 1. The first-order valence-electron chi connectivity index (χ1n) is 8.18. The summed E-state index contributed by atoms with van der Waals surface area (Å²) in [5.74, 6) is 1.18. The van der Waals surface area contributed by atoms with Gasteiger partial charge in [0.25, 0.3) is 0 Å². The first-order valence-corrected chi connectivity index (χ1v) is 8.97. The van der Waals surface area contributed by atoms with Crippen molar-refractivity contribution >= 4 is 33.6 Å². The third kappa shape index (κ3) is 5.64. The lowest BCUT2D eigenvalue weighted by molar-refractivity contribution is -0.111. The molecule has 0 unspecified atom stereocenters. The Hall–Kier alpha value is -2.27. The summed E-state index contributed by atoms with van der Waals surface area (Å²) < 4.78 is 12.0. The van der Waals surface area contributed by atoms with E-state index < -0.39 is 0 Å². The quantitative estimate of drug-likeness (QED) is 0.645. The number of anilines is 1. The molecule has 0 radical (unpaired) electrons. The largest absolute Gasteiger partial charge is 0.490 e. The second kappa shape index (κ2) is 9.28. The molecule has 2 aromatic carbocycles. The summed E-state index contributed by atoms with van der Waals surface area (Å²) in [6.45, 7) is 6.97. The van der Waals surface area contributed by atoms with Crippen LogP contribution in [0.5, 0.6) is 11.5 Å². The molecule has 0 aliphatic carbocycles.